The number of halogens is 1. The van der Waals surface area contributed by atoms with Gasteiger partial charge >= 0.3 is 0 Å². The lowest BCUT2D eigenvalue weighted by molar-refractivity contribution is -0.147. The summed E-state index contributed by atoms with van der Waals surface area (Å²) in [6, 6.07) is 15.8. The summed E-state index contributed by atoms with van der Waals surface area (Å²) in [7, 11) is 0. The Hall–Kier alpha value is -3.43. The number of allylic oxidation sites excluding steroid dienone is 2. The van der Waals surface area contributed by atoms with Gasteiger partial charge < -0.3 is 5.32 Å². The average Bonchev–Trinajstić information content (AvgIpc) is 3.10. The lowest BCUT2D eigenvalue weighted by Crippen LogP contribution is -2.48. The van der Waals surface area contributed by atoms with Crippen molar-refractivity contribution in [1.29, 1.82) is 5.26 Å². The molecule has 0 aromatic heterocycles. The van der Waals surface area contributed by atoms with Gasteiger partial charge in [0.1, 0.15) is 6.04 Å². The maximum Gasteiger partial charge on any atom is 0.247 e. The Kier molecular flexibility index (Phi) is 7.37. The van der Waals surface area contributed by atoms with Crippen LogP contribution in [0.25, 0.3) is 0 Å². The zero-order chi connectivity index (χ0) is 25.1. The maximum atomic E-state index is 13.4. The zero-order valence-corrected chi connectivity index (χ0v) is 20.5. The monoisotopic (exact) mass is 489 g/mol. The van der Waals surface area contributed by atoms with Gasteiger partial charge in [0.15, 0.2) is 0 Å². The molecule has 180 valence electrons. The summed E-state index contributed by atoms with van der Waals surface area (Å²) in [6.07, 6.45) is 5.29. The first-order chi connectivity index (χ1) is 16.8. The number of nitrogens with one attached hydrogen (secondary N) is 1. The number of likely N-dealkylation sites (tertiary alicyclic amines) is 1. The average molecular weight is 490 g/mol. The maximum absolute atomic E-state index is 13.4. The summed E-state index contributed by atoms with van der Waals surface area (Å²) in [4.78, 5) is 40.8. The summed E-state index contributed by atoms with van der Waals surface area (Å²) >= 11 is 6.53. The van der Waals surface area contributed by atoms with Crippen LogP contribution >= 0.6 is 11.6 Å². The highest BCUT2D eigenvalue weighted by molar-refractivity contribution is 6.31. The van der Waals surface area contributed by atoms with Crippen molar-refractivity contribution in [2.45, 2.75) is 45.1 Å². The van der Waals surface area contributed by atoms with E-state index in [1.807, 2.05) is 56.3 Å². The number of nitriles is 1. The fraction of sp³-hybridized carbons (Fsp3) is 0.357. The van der Waals surface area contributed by atoms with Gasteiger partial charge in [-0.1, -0.05) is 74.0 Å². The number of hydrogen-bond donors (Lipinski definition) is 1. The van der Waals surface area contributed by atoms with E-state index in [2.05, 4.69) is 11.4 Å². The summed E-state index contributed by atoms with van der Waals surface area (Å²) in [6.45, 7) is 3.91. The topological polar surface area (TPSA) is 90.3 Å². The van der Waals surface area contributed by atoms with Crippen molar-refractivity contribution >= 4 is 35.0 Å². The van der Waals surface area contributed by atoms with Crippen LogP contribution in [0.15, 0.2) is 60.7 Å². The highest BCUT2D eigenvalue weighted by Gasteiger charge is 2.51. The second-order valence-electron chi connectivity index (χ2n) is 9.55. The van der Waals surface area contributed by atoms with Crippen molar-refractivity contribution in [1.82, 2.24) is 4.90 Å². The Morgan fingerprint density at radius 2 is 1.71 bits per heavy atom. The van der Waals surface area contributed by atoms with Crippen LogP contribution in [0.1, 0.15) is 50.2 Å². The van der Waals surface area contributed by atoms with Crippen LogP contribution in [0.4, 0.5) is 5.69 Å². The molecule has 4 unspecified atom stereocenters. The molecule has 1 heterocycles. The number of imide groups is 1. The fourth-order valence-corrected chi connectivity index (χ4v) is 5.23. The second-order valence-corrected chi connectivity index (χ2v) is 9.95. The molecule has 0 radical (unpaired) electrons. The number of carbonyl (C=O) groups excluding carboxylic acids is 3. The largest absolute Gasteiger partial charge is 0.324 e. The van der Waals surface area contributed by atoms with E-state index in [1.165, 1.54) is 4.90 Å². The Labute approximate surface area is 210 Å². The van der Waals surface area contributed by atoms with Gasteiger partial charge in [-0.05, 0) is 48.4 Å². The third-order valence-electron chi connectivity index (χ3n) is 6.69. The van der Waals surface area contributed by atoms with E-state index in [9.17, 15) is 19.6 Å². The quantitative estimate of drug-likeness (QED) is 0.422. The molecule has 1 saturated heterocycles. The molecule has 4 rings (SSSR count). The molecule has 3 amide bonds. The van der Waals surface area contributed by atoms with Crippen LogP contribution in [0.2, 0.25) is 5.02 Å². The summed E-state index contributed by atoms with van der Waals surface area (Å²) in [5.41, 5.74) is 1.91. The Bertz CT molecular complexity index is 1180. The van der Waals surface area contributed by atoms with Crippen molar-refractivity contribution in [3.8, 4) is 6.07 Å². The van der Waals surface area contributed by atoms with Crippen molar-refractivity contribution in [2.75, 3.05) is 5.32 Å². The zero-order valence-electron chi connectivity index (χ0n) is 19.8. The smallest absolute Gasteiger partial charge is 0.247 e. The first-order valence-electron chi connectivity index (χ1n) is 11.9. The predicted octanol–water partition coefficient (Wildman–Crippen LogP) is 5.30. The van der Waals surface area contributed by atoms with Gasteiger partial charge in [-0.25, -0.2) is 0 Å². The molecule has 2 aromatic rings. The van der Waals surface area contributed by atoms with Crippen molar-refractivity contribution in [3.05, 3.63) is 76.8 Å². The normalized spacial score (nSPS) is 20.9. The van der Waals surface area contributed by atoms with Crippen LogP contribution in [-0.4, -0.2) is 28.7 Å². The molecule has 0 spiro atoms. The van der Waals surface area contributed by atoms with Gasteiger partial charge in [-0.2, -0.15) is 5.26 Å². The molecule has 35 heavy (non-hydrogen) atoms. The number of hydrogen-bond acceptors (Lipinski definition) is 4. The molecule has 1 aliphatic carbocycles. The molecule has 0 bridgehead atoms. The summed E-state index contributed by atoms with van der Waals surface area (Å²) < 4.78 is 0. The predicted molar refractivity (Wildman–Crippen MR) is 134 cm³/mol. The Morgan fingerprint density at radius 3 is 2.26 bits per heavy atom. The molecule has 0 saturated carbocycles. The van der Waals surface area contributed by atoms with E-state index >= 15 is 0 Å². The van der Waals surface area contributed by atoms with E-state index in [1.54, 1.807) is 18.2 Å². The Balaban J connectivity index is 1.56. The van der Waals surface area contributed by atoms with Crippen molar-refractivity contribution in [2.24, 2.45) is 17.8 Å². The molecule has 4 atom stereocenters. The number of fused-ring (bicyclic) bond motifs is 1. The summed E-state index contributed by atoms with van der Waals surface area (Å²) in [5, 5.41) is 12.9. The Morgan fingerprint density at radius 1 is 1.09 bits per heavy atom. The third-order valence-corrected chi connectivity index (χ3v) is 7.02. The molecule has 2 aliphatic rings. The van der Waals surface area contributed by atoms with Crippen molar-refractivity contribution < 1.29 is 14.4 Å². The minimum atomic E-state index is -0.893. The molecule has 1 N–H and O–H groups in total. The van der Waals surface area contributed by atoms with E-state index in [4.69, 9.17) is 11.6 Å². The number of nitrogens with zero attached hydrogens (tertiary/aromatic N) is 2. The van der Waals surface area contributed by atoms with Crippen LogP contribution in [0.5, 0.6) is 0 Å². The SMILES string of the molecule is CC(C)CC(C(=O)Nc1ccc(C(C#N)c2ccccc2)c(Cl)c1)N1C(=O)C2CC=CCC2C1=O. The highest BCUT2D eigenvalue weighted by atomic mass is 35.5. The van der Waals surface area contributed by atoms with Crippen LogP contribution in [0.3, 0.4) is 0 Å². The first kappa shape index (κ1) is 24.7. The van der Waals surface area contributed by atoms with Crippen LogP contribution in [0, 0.1) is 29.1 Å². The molecular formula is C28H28ClN3O3. The number of rotatable bonds is 7. The minimum absolute atomic E-state index is 0.0975. The molecular weight excluding hydrogens is 462 g/mol. The van der Waals surface area contributed by atoms with Gasteiger partial charge in [0.25, 0.3) is 0 Å². The van der Waals surface area contributed by atoms with Gasteiger partial charge in [0.05, 0.1) is 23.8 Å². The third kappa shape index (κ3) is 5.01. The van der Waals surface area contributed by atoms with Gasteiger partial charge in [0.2, 0.25) is 17.7 Å². The lowest BCUT2D eigenvalue weighted by Gasteiger charge is -2.27. The van der Waals surface area contributed by atoms with Crippen LogP contribution in [-0.2, 0) is 14.4 Å². The molecule has 6 nitrogen and oxygen atoms in total. The standard InChI is InChI=1S/C28H28ClN3O3/c1-17(2)14-25(32-27(34)21-10-6-7-11-22(21)28(32)35)26(33)31-19-12-13-20(24(29)15-19)23(16-30)18-8-4-3-5-9-18/h3-9,12-13,15,17,21-23,25H,10-11,14H2,1-2H3,(H,31,33). The van der Waals surface area contributed by atoms with Gasteiger partial charge in [-0.15, -0.1) is 0 Å². The first-order valence-corrected chi connectivity index (χ1v) is 12.3. The second kappa shape index (κ2) is 10.5. The van der Waals surface area contributed by atoms with Crippen molar-refractivity contribution in [3.63, 3.8) is 0 Å². The number of anilines is 1. The van der Waals surface area contributed by atoms with E-state index in [-0.39, 0.29) is 29.6 Å². The molecule has 2 aromatic carbocycles. The highest BCUT2D eigenvalue weighted by Crippen LogP contribution is 2.37. The summed E-state index contributed by atoms with van der Waals surface area (Å²) in [5.74, 6) is -2.17. The number of carbonyl (C=O) groups is 3. The lowest BCUT2D eigenvalue weighted by atomic mass is 9.85. The van der Waals surface area contributed by atoms with E-state index < -0.39 is 17.9 Å². The number of benzene rings is 2. The van der Waals surface area contributed by atoms with E-state index in [0.29, 0.717) is 35.5 Å². The van der Waals surface area contributed by atoms with Gasteiger partial charge in [-0.3, -0.25) is 19.3 Å². The van der Waals surface area contributed by atoms with E-state index in [0.717, 1.165) is 5.56 Å². The van der Waals surface area contributed by atoms with Crippen LogP contribution < -0.4 is 5.32 Å². The molecule has 1 fully saturated rings. The fourth-order valence-electron chi connectivity index (χ4n) is 4.94. The molecule has 1 aliphatic heterocycles. The minimum Gasteiger partial charge on any atom is -0.324 e. The van der Waals surface area contributed by atoms with Gasteiger partial charge in [0, 0.05) is 10.7 Å². The molecule has 7 heteroatoms. The number of amides is 3.